The van der Waals surface area contributed by atoms with E-state index in [2.05, 4.69) is 80.2 Å². The molecule has 2 aliphatic rings. The fourth-order valence-electron chi connectivity index (χ4n) is 5.75. The molecule has 7 heteroatoms. The third-order valence-electron chi connectivity index (χ3n) is 8.23. The summed E-state index contributed by atoms with van der Waals surface area (Å²) >= 11 is 3.63. The van der Waals surface area contributed by atoms with Gasteiger partial charge in [0.1, 0.15) is 5.82 Å². The van der Waals surface area contributed by atoms with E-state index in [1.54, 1.807) is 6.20 Å². The summed E-state index contributed by atoms with van der Waals surface area (Å²) in [5.41, 5.74) is 7.41. The van der Waals surface area contributed by atoms with Crippen LogP contribution < -0.4 is 10.6 Å². The number of carbonyl (C=O) groups is 1. The van der Waals surface area contributed by atoms with Gasteiger partial charge in [-0.25, -0.2) is 4.98 Å². The number of hydrogen-bond donors (Lipinski definition) is 2. The van der Waals surface area contributed by atoms with Gasteiger partial charge in [-0.15, -0.1) is 0 Å². The molecule has 0 bridgehead atoms. The lowest BCUT2D eigenvalue weighted by atomic mass is 9.78. The van der Waals surface area contributed by atoms with E-state index in [0.29, 0.717) is 18.4 Å². The van der Waals surface area contributed by atoms with Gasteiger partial charge in [-0.05, 0) is 75.9 Å². The van der Waals surface area contributed by atoms with Crippen LogP contribution in [0.25, 0.3) is 16.9 Å². The third-order valence-corrected chi connectivity index (χ3v) is 8.79. The first kappa shape index (κ1) is 25.0. The predicted octanol–water partition coefficient (Wildman–Crippen LogP) is 7.78. The molecule has 7 rings (SSSR count). The molecule has 2 aromatic heterocycles. The van der Waals surface area contributed by atoms with Crippen molar-refractivity contribution in [3.63, 3.8) is 0 Å². The van der Waals surface area contributed by atoms with Crippen LogP contribution in [0.5, 0.6) is 0 Å². The maximum Gasteiger partial charge on any atom is 0.228 e. The highest BCUT2D eigenvalue weighted by molar-refractivity contribution is 9.10. The molecule has 1 amide bonds. The summed E-state index contributed by atoms with van der Waals surface area (Å²) in [6, 6.07) is 29.1. The smallest absolute Gasteiger partial charge is 0.228 e. The van der Waals surface area contributed by atoms with Gasteiger partial charge in [0.15, 0.2) is 5.65 Å². The van der Waals surface area contributed by atoms with Crippen molar-refractivity contribution in [2.75, 3.05) is 10.6 Å². The SMILES string of the molecule is O=C(Nc1cccc(CNc2cc(-c3ccccc3C3CCC3)nc3c(Br)cnn23)c1)C1C[C@H]1c1ccccc1. The molecule has 6 nitrogen and oxygen atoms in total. The largest absolute Gasteiger partial charge is 0.366 e. The number of carbonyl (C=O) groups excluding carboxylic acids is 1. The van der Waals surface area contributed by atoms with E-state index in [0.717, 1.165) is 39.3 Å². The van der Waals surface area contributed by atoms with Gasteiger partial charge in [0, 0.05) is 29.8 Å². The van der Waals surface area contributed by atoms with E-state index in [1.807, 2.05) is 40.9 Å². The summed E-state index contributed by atoms with van der Waals surface area (Å²) in [6.07, 6.45) is 6.45. The van der Waals surface area contributed by atoms with Crippen LogP contribution in [0.4, 0.5) is 11.5 Å². The van der Waals surface area contributed by atoms with Crippen LogP contribution in [-0.2, 0) is 11.3 Å². The lowest BCUT2D eigenvalue weighted by Crippen LogP contribution is -2.15. The molecule has 2 fully saturated rings. The summed E-state index contributed by atoms with van der Waals surface area (Å²) in [6.45, 7) is 0.583. The Kier molecular flexibility index (Phi) is 6.60. The summed E-state index contributed by atoms with van der Waals surface area (Å²) in [5, 5.41) is 11.3. The van der Waals surface area contributed by atoms with Crippen molar-refractivity contribution in [1.82, 2.24) is 14.6 Å². The quantitative estimate of drug-likeness (QED) is 0.193. The fourth-order valence-corrected chi connectivity index (χ4v) is 6.09. The first-order chi connectivity index (χ1) is 19.6. The number of halogens is 1. The molecule has 2 saturated carbocycles. The monoisotopic (exact) mass is 591 g/mol. The minimum Gasteiger partial charge on any atom is -0.366 e. The van der Waals surface area contributed by atoms with Gasteiger partial charge in [-0.3, -0.25) is 4.79 Å². The van der Waals surface area contributed by atoms with Gasteiger partial charge in [0.05, 0.1) is 16.4 Å². The molecule has 5 aromatic rings. The maximum atomic E-state index is 12.9. The van der Waals surface area contributed by atoms with Gasteiger partial charge < -0.3 is 10.6 Å². The number of aromatic nitrogens is 3. The highest BCUT2D eigenvalue weighted by atomic mass is 79.9. The molecule has 3 aromatic carbocycles. The minimum absolute atomic E-state index is 0.0359. The highest BCUT2D eigenvalue weighted by Gasteiger charge is 2.43. The summed E-state index contributed by atoms with van der Waals surface area (Å²) < 4.78 is 2.69. The van der Waals surface area contributed by atoms with Gasteiger partial charge in [-0.2, -0.15) is 9.61 Å². The van der Waals surface area contributed by atoms with Gasteiger partial charge in [-0.1, -0.05) is 73.2 Å². The van der Waals surface area contributed by atoms with Crippen molar-refractivity contribution in [1.29, 1.82) is 0 Å². The third kappa shape index (κ3) is 4.90. The zero-order valence-electron chi connectivity index (χ0n) is 22.1. The second-order valence-corrected chi connectivity index (χ2v) is 11.7. The molecule has 2 N–H and O–H groups in total. The highest BCUT2D eigenvalue weighted by Crippen LogP contribution is 2.48. The molecular weight excluding hydrogens is 562 g/mol. The number of nitrogens with zero attached hydrogens (tertiary/aromatic N) is 3. The van der Waals surface area contributed by atoms with Crippen LogP contribution in [0.1, 0.15) is 54.2 Å². The normalized spacial score (nSPS) is 18.3. The fraction of sp³-hybridized carbons (Fsp3) is 0.242. The molecule has 2 heterocycles. The van der Waals surface area contributed by atoms with Crippen molar-refractivity contribution < 1.29 is 4.79 Å². The van der Waals surface area contributed by atoms with Crippen molar-refractivity contribution in [3.8, 4) is 11.3 Å². The Hall–Kier alpha value is -3.97. The Morgan fingerprint density at radius 2 is 1.80 bits per heavy atom. The first-order valence-electron chi connectivity index (χ1n) is 14.0. The average molecular weight is 593 g/mol. The molecule has 0 radical (unpaired) electrons. The number of anilines is 2. The van der Waals surface area contributed by atoms with Crippen LogP contribution in [-0.4, -0.2) is 20.5 Å². The Morgan fingerprint density at radius 1 is 0.975 bits per heavy atom. The summed E-state index contributed by atoms with van der Waals surface area (Å²) in [7, 11) is 0. The molecule has 2 aliphatic carbocycles. The molecular formula is C33H30BrN5O. The van der Waals surface area contributed by atoms with Crippen LogP contribution in [0.15, 0.2) is 95.6 Å². The number of amides is 1. The topological polar surface area (TPSA) is 71.3 Å². The van der Waals surface area contributed by atoms with Crippen molar-refractivity contribution in [2.45, 2.75) is 44.1 Å². The lowest BCUT2D eigenvalue weighted by molar-refractivity contribution is -0.117. The summed E-state index contributed by atoms with van der Waals surface area (Å²) in [4.78, 5) is 17.9. The number of fused-ring (bicyclic) bond motifs is 1. The number of benzene rings is 3. The van der Waals surface area contributed by atoms with Crippen LogP contribution in [0.3, 0.4) is 0 Å². The van der Waals surface area contributed by atoms with E-state index in [1.165, 1.54) is 36.0 Å². The average Bonchev–Trinajstić information content (AvgIpc) is 3.68. The van der Waals surface area contributed by atoms with E-state index < -0.39 is 0 Å². The van der Waals surface area contributed by atoms with Crippen molar-refractivity contribution >= 4 is 39.0 Å². The molecule has 0 aliphatic heterocycles. The zero-order valence-corrected chi connectivity index (χ0v) is 23.6. The standard InChI is InChI=1S/C33H30BrN5O/c34-29-20-36-39-31(18-30(38-32(29)39)26-15-5-4-14-25(26)22-11-7-12-22)35-19-21-8-6-13-24(16-21)37-33(40)28-17-27(28)23-9-2-1-3-10-23/h1-6,8-10,13-16,18,20,22,27-28,35H,7,11-12,17,19H2,(H,37,40)/t27-,28?/m0/s1. The summed E-state index contributed by atoms with van der Waals surface area (Å²) in [5.74, 6) is 1.92. The zero-order chi connectivity index (χ0) is 27.1. The molecule has 0 saturated heterocycles. The van der Waals surface area contributed by atoms with Crippen LogP contribution >= 0.6 is 15.9 Å². The lowest BCUT2D eigenvalue weighted by Gasteiger charge is -2.28. The van der Waals surface area contributed by atoms with Crippen LogP contribution in [0.2, 0.25) is 0 Å². The first-order valence-corrected chi connectivity index (χ1v) is 14.8. The van der Waals surface area contributed by atoms with E-state index in [9.17, 15) is 4.79 Å². The van der Waals surface area contributed by atoms with Crippen LogP contribution in [0, 0.1) is 5.92 Å². The number of nitrogens with one attached hydrogen (secondary N) is 2. The molecule has 2 atom stereocenters. The minimum atomic E-state index is 0.0359. The van der Waals surface area contributed by atoms with Gasteiger partial charge in [0.2, 0.25) is 5.91 Å². The number of hydrogen-bond acceptors (Lipinski definition) is 4. The predicted molar refractivity (Wildman–Crippen MR) is 162 cm³/mol. The van der Waals surface area contributed by atoms with Gasteiger partial charge >= 0.3 is 0 Å². The van der Waals surface area contributed by atoms with E-state index in [-0.39, 0.29) is 11.8 Å². The van der Waals surface area contributed by atoms with Crippen molar-refractivity contribution in [2.24, 2.45) is 5.92 Å². The van der Waals surface area contributed by atoms with Gasteiger partial charge in [0.25, 0.3) is 0 Å². The molecule has 200 valence electrons. The van der Waals surface area contributed by atoms with E-state index >= 15 is 0 Å². The Balaban J connectivity index is 1.09. The van der Waals surface area contributed by atoms with Crippen molar-refractivity contribution in [3.05, 3.63) is 112 Å². The maximum absolute atomic E-state index is 12.9. The second kappa shape index (κ2) is 10.5. The molecule has 1 unspecified atom stereocenters. The Morgan fingerprint density at radius 3 is 2.62 bits per heavy atom. The van der Waals surface area contributed by atoms with E-state index in [4.69, 9.17) is 4.98 Å². The molecule has 40 heavy (non-hydrogen) atoms. The Bertz CT molecular complexity index is 1690. The Labute approximate surface area is 242 Å². The second-order valence-electron chi connectivity index (χ2n) is 10.9. The molecule has 0 spiro atoms. The number of rotatable bonds is 8.